The van der Waals surface area contributed by atoms with E-state index in [1.807, 2.05) is 25.1 Å². The van der Waals surface area contributed by atoms with Crippen molar-refractivity contribution in [3.05, 3.63) is 30.0 Å². The smallest absolute Gasteiger partial charge is 0.212 e. The Morgan fingerprint density at radius 2 is 2.21 bits per heavy atom. The quantitative estimate of drug-likeness (QED) is 0.783. The Bertz CT molecular complexity index is 422. The summed E-state index contributed by atoms with van der Waals surface area (Å²) < 4.78 is 5.10. The summed E-state index contributed by atoms with van der Waals surface area (Å²) in [6.07, 6.45) is 1.75. The van der Waals surface area contributed by atoms with Gasteiger partial charge in [0.25, 0.3) is 0 Å². The molecule has 0 aliphatic heterocycles. The van der Waals surface area contributed by atoms with Crippen LogP contribution in [0.5, 0.6) is 5.88 Å². The number of aromatic amines is 1. The second kappa shape index (κ2) is 3.49. The van der Waals surface area contributed by atoms with Crippen LogP contribution in [0.3, 0.4) is 0 Å². The van der Waals surface area contributed by atoms with Gasteiger partial charge in [0, 0.05) is 11.8 Å². The molecule has 0 radical (unpaired) electrons. The Morgan fingerprint density at radius 1 is 1.36 bits per heavy atom. The van der Waals surface area contributed by atoms with Crippen LogP contribution < -0.4 is 4.74 Å². The van der Waals surface area contributed by atoms with Crippen LogP contribution in [0, 0.1) is 6.92 Å². The van der Waals surface area contributed by atoms with Gasteiger partial charge in [0.15, 0.2) is 0 Å². The summed E-state index contributed by atoms with van der Waals surface area (Å²) in [6.45, 7) is 1.95. The molecule has 0 aromatic carbocycles. The average Bonchev–Trinajstić information content (AvgIpc) is 2.61. The van der Waals surface area contributed by atoms with Crippen LogP contribution in [0.4, 0.5) is 0 Å². The van der Waals surface area contributed by atoms with E-state index >= 15 is 0 Å². The molecule has 4 heteroatoms. The molecule has 2 heterocycles. The first kappa shape index (κ1) is 8.74. The third kappa shape index (κ3) is 1.35. The van der Waals surface area contributed by atoms with Gasteiger partial charge in [-0.2, -0.15) is 5.10 Å². The fraction of sp³-hybridized carbons (Fsp3) is 0.200. The van der Waals surface area contributed by atoms with Gasteiger partial charge in [-0.15, -0.1) is 0 Å². The van der Waals surface area contributed by atoms with E-state index in [-0.39, 0.29) is 0 Å². The topological polar surface area (TPSA) is 50.8 Å². The van der Waals surface area contributed by atoms with Gasteiger partial charge in [0.2, 0.25) is 5.88 Å². The molecule has 0 saturated heterocycles. The molecule has 0 aliphatic carbocycles. The number of nitrogens with one attached hydrogen (secondary N) is 1. The monoisotopic (exact) mass is 189 g/mol. The lowest BCUT2D eigenvalue weighted by Crippen LogP contribution is -1.85. The molecule has 0 spiro atoms. The Kier molecular flexibility index (Phi) is 2.18. The van der Waals surface area contributed by atoms with Crippen molar-refractivity contribution in [3.63, 3.8) is 0 Å². The highest BCUT2D eigenvalue weighted by Crippen LogP contribution is 2.24. The van der Waals surface area contributed by atoms with Crippen LogP contribution in [0.25, 0.3) is 11.4 Å². The van der Waals surface area contributed by atoms with Gasteiger partial charge in [-0.1, -0.05) is 6.07 Å². The van der Waals surface area contributed by atoms with Crippen LogP contribution in [-0.2, 0) is 0 Å². The zero-order valence-electron chi connectivity index (χ0n) is 8.11. The van der Waals surface area contributed by atoms with E-state index in [1.165, 1.54) is 0 Å². The first-order valence-corrected chi connectivity index (χ1v) is 4.33. The number of H-pyrrole nitrogens is 1. The van der Waals surface area contributed by atoms with Crippen LogP contribution in [0.15, 0.2) is 24.4 Å². The number of hydrogen-bond donors (Lipinski definition) is 1. The summed E-state index contributed by atoms with van der Waals surface area (Å²) in [5.41, 5.74) is 2.67. The van der Waals surface area contributed by atoms with Crippen LogP contribution in [0.1, 0.15) is 5.56 Å². The zero-order chi connectivity index (χ0) is 9.97. The Labute approximate surface area is 81.9 Å². The van der Waals surface area contributed by atoms with Crippen molar-refractivity contribution in [1.82, 2.24) is 15.2 Å². The fourth-order valence-corrected chi connectivity index (χ4v) is 1.33. The molecule has 0 amide bonds. The molecule has 2 rings (SSSR count). The van der Waals surface area contributed by atoms with Gasteiger partial charge < -0.3 is 4.74 Å². The van der Waals surface area contributed by atoms with Crippen LogP contribution in [0.2, 0.25) is 0 Å². The van der Waals surface area contributed by atoms with E-state index in [0.29, 0.717) is 5.88 Å². The highest BCUT2D eigenvalue weighted by Gasteiger charge is 2.11. The molecule has 0 aliphatic rings. The summed E-state index contributed by atoms with van der Waals surface area (Å²) in [7, 11) is 1.61. The second-order valence-electron chi connectivity index (χ2n) is 2.95. The average molecular weight is 189 g/mol. The number of rotatable bonds is 2. The molecule has 0 atom stereocenters. The highest BCUT2D eigenvalue weighted by atomic mass is 16.5. The number of pyridine rings is 1. The third-order valence-electron chi connectivity index (χ3n) is 2.08. The molecule has 14 heavy (non-hydrogen) atoms. The van der Waals surface area contributed by atoms with Crippen molar-refractivity contribution in [1.29, 1.82) is 0 Å². The van der Waals surface area contributed by atoms with Crippen molar-refractivity contribution in [2.24, 2.45) is 0 Å². The van der Waals surface area contributed by atoms with Crippen molar-refractivity contribution in [2.45, 2.75) is 6.92 Å². The minimum atomic E-state index is 0.686. The number of methoxy groups -OCH3 is 1. The lowest BCUT2D eigenvalue weighted by atomic mass is 10.2. The van der Waals surface area contributed by atoms with Gasteiger partial charge in [-0.3, -0.25) is 4.98 Å². The Hall–Kier alpha value is -1.84. The highest BCUT2D eigenvalue weighted by molar-refractivity contribution is 5.60. The van der Waals surface area contributed by atoms with Gasteiger partial charge in [0.05, 0.1) is 12.8 Å². The largest absolute Gasteiger partial charge is 0.481 e. The van der Waals surface area contributed by atoms with E-state index in [4.69, 9.17) is 4.74 Å². The molecular weight excluding hydrogens is 178 g/mol. The molecular formula is C10H11N3O. The first-order chi connectivity index (χ1) is 6.83. The third-order valence-corrected chi connectivity index (χ3v) is 2.08. The minimum absolute atomic E-state index is 0.686. The zero-order valence-corrected chi connectivity index (χ0v) is 8.11. The molecule has 1 N–H and O–H groups in total. The number of hydrogen-bond acceptors (Lipinski definition) is 3. The maximum Gasteiger partial charge on any atom is 0.212 e. The van der Waals surface area contributed by atoms with Gasteiger partial charge in [-0.25, -0.2) is 5.10 Å². The maximum atomic E-state index is 5.10. The van der Waals surface area contributed by atoms with Crippen LogP contribution in [-0.4, -0.2) is 22.3 Å². The van der Waals surface area contributed by atoms with Gasteiger partial charge >= 0.3 is 0 Å². The minimum Gasteiger partial charge on any atom is -0.481 e. The molecule has 0 saturated carbocycles. The predicted molar refractivity (Wildman–Crippen MR) is 53.1 cm³/mol. The van der Waals surface area contributed by atoms with Crippen molar-refractivity contribution in [2.75, 3.05) is 7.11 Å². The summed E-state index contributed by atoms with van der Waals surface area (Å²) in [6, 6.07) is 5.73. The van der Waals surface area contributed by atoms with E-state index in [2.05, 4.69) is 15.2 Å². The van der Waals surface area contributed by atoms with Crippen molar-refractivity contribution >= 4 is 0 Å². The second-order valence-corrected chi connectivity index (χ2v) is 2.95. The van der Waals surface area contributed by atoms with Crippen molar-refractivity contribution < 1.29 is 4.74 Å². The Morgan fingerprint density at radius 3 is 2.79 bits per heavy atom. The van der Waals surface area contributed by atoms with E-state index in [9.17, 15) is 0 Å². The Balaban J connectivity index is 2.48. The standard InChI is InChI=1S/C10H11N3O/c1-7-9(12-13-10(7)14-2)8-5-3-4-6-11-8/h3-6H,1-2H3,(H,12,13). The molecule has 0 unspecified atom stereocenters. The first-order valence-electron chi connectivity index (χ1n) is 4.33. The molecule has 0 fully saturated rings. The summed E-state index contributed by atoms with van der Waals surface area (Å²) in [4.78, 5) is 4.22. The lowest BCUT2D eigenvalue weighted by Gasteiger charge is -1.97. The summed E-state index contributed by atoms with van der Waals surface area (Å²) in [5.74, 6) is 0.686. The van der Waals surface area contributed by atoms with Crippen molar-refractivity contribution in [3.8, 4) is 17.3 Å². The number of aromatic nitrogens is 3. The molecule has 0 bridgehead atoms. The lowest BCUT2D eigenvalue weighted by molar-refractivity contribution is 0.394. The normalized spacial score (nSPS) is 10.1. The summed E-state index contributed by atoms with van der Waals surface area (Å²) >= 11 is 0. The van der Waals surface area contributed by atoms with Crippen LogP contribution >= 0.6 is 0 Å². The fourth-order valence-electron chi connectivity index (χ4n) is 1.33. The maximum absolute atomic E-state index is 5.10. The van der Waals surface area contributed by atoms with Gasteiger partial charge in [-0.05, 0) is 19.1 Å². The molecule has 72 valence electrons. The number of nitrogens with zero attached hydrogens (tertiary/aromatic N) is 2. The van der Waals surface area contributed by atoms with E-state index < -0.39 is 0 Å². The van der Waals surface area contributed by atoms with E-state index in [0.717, 1.165) is 17.0 Å². The number of ether oxygens (including phenoxy) is 1. The summed E-state index contributed by atoms with van der Waals surface area (Å²) in [5, 5.41) is 6.95. The molecule has 2 aromatic heterocycles. The molecule has 4 nitrogen and oxygen atoms in total. The van der Waals surface area contributed by atoms with Gasteiger partial charge in [0.1, 0.15) is 5.69 Å². The predicted octanol–water partition coefficient (Wildman–Crippen LogP) is 1.79. The van der Waals surface area contributed by atoms with E-state index in [1.54, 1.807) is 13.3 Å². The molecule has 2 aromatic rings. The SMILES string of the molecule is COc1[nH]nc(-c2ccccn2)c1C.